The molecule has 5 atom stereocenters. The molecule has 3 aromatic heterocycles. The number of methoxy groups -OCH3 is 1. The van der Waals surface area contributed by atoms with Gasteiger partial charge in [-0.05, 0) is 79.5 Å². The SMILES string of the molecule is COc1cc(C(=O)N2C[C@H]3CC[C@@H]2[C@@H]3N)cc2nc3n(c12)Cc1cccc(c1)[C@H](O)[C@H](O)CCCCn1c-3cc2cccnc21. The molecule has 1 amide bonds. The lowest BCUT2D eigenvalue weighted by molar-refractivity contribution is 0.0119. The number of rotatable bonds is 2. The molecule has 0 unspecified atom stereocenters. The lowest BCUT2D eigenvalue weighted by Gasteiger charge is -2.27. The number of aromatic nitrogens is 4. The summed E-state index contributed by atoms with van der Waals surface area (Å²) in [7, 11) is 1.62. The van der Waals surface area contributed by atoms with Crippen LogP contribution in [-0.2, 0) is 13.1 Å². The highest BCUT2D eigenvalue weighted by Gasteiger charge is 2.47. The molecule has 10 nitrogen and oxygen atoms in total. The van der Waals surface area contributed by atoms with Crippen LogP contribution in [0.25, 0.3) is 33.6 Å². The molecule has 1 saturated carbocycles. The first-order valence-corrected chi connectivity index (χ1v) is 16.0. The molecule has 0 spiro atoms. The normalized spacial score (nSPS) is 24.9. The second-order valence-electron chi connectivity index (χ2n) is 12.9. The Hall–Kier alpha value is -4.25. The van der Waals surface area contributed by atoms with E-state index in [1.54, 1.807) is 13.3 Å². The standard InChI is InChI=1S/C35H38N6O4/c1-45-29-17-24(35(44)40-19-23-10-11-26(40)30(23)36)15-25-31(29)41-18-20-6-4-7-21(14-20)32(43)28(42)9-2-3-13-39-27(34(41)38-25)16-22-8-5-12-37-33(22)39/h4-8,12,14-17,23,26,28,30,32,42-43H,2-3,9-11,13,18-19,36H2,1H3/t23-,26-,28-,30-,32+/m1/s1. The number of aliphatic hydroxyl groups excluding tert-OH is 2. The summed E-state index contributed by atoms with van der Waals surface area (Å²) in [5.74, 6) is 1.64. The Bertz CT molecular complexity index is 1930. The number of imidazole rings is 1. The summed E-state index contributed by atoms with van der Waals surface area (Å²) in [6, 6.07) is 17.7. The zero-order chi connectivity index (χ0) is 30.8. The van der Waals surface area contributed by atoms with Gasteiger partial charge in [-0.2, -0.15) is 0 Å². The number of hydrogen-bond acceptors (Lipinski definition) is 7. The molecule has 10 heteroatoms. The third-order valence-electron chi connectivity index (χ3n) is 10.2. The maximum atomic E-state index is 13.9. The minimum absolute atomic E-state index is 0.0346. The molecule has 2 aromatic carbocycles. The number of aryl methyl sites for hydroxylation is 1. The van der Waals surface area contributed by atoms with Gasteiger partial charge in [-0.15, -0.1) is 0 Å². The fourth-order valence-electron chi connectivity index (χ4n) is 7.87. The molecular formula is C35H38N6O4. The molecule has 232 valence electrons. The van der Waals surface area contributed by atoms with Crippen LogP contribution in [0.5, 0.6) is 5.75 Å². The predicted molar refractivity (Wildman–Crippen MR) is 171 cm³/mol. The van der Waals surface area contributed by atoms with Gasteiger partial charge in [0.25, 0.3) is 5.91 Å². The highest BCUT2D eigenvalue weighted by molar-refractivity contribution is 6.00. The second-order valence-corrected chi connectivity index (χ2v) is 12.9. The van der Waals surface area contributed by atoms with Crippen molar-refractivity contribution in [3.05, 3.63) is 77.5 Å². The molecule has 2 aliphatic heterocycles. The minimum Gasteiger partial charge on any atom is -0.494 e. The van der Waals surface area contributed by atoms with E-state index in [0.29, 0.717) is 54.4 Å². The average molecular weight is 607 g/mol. The Kier molecular flexibility index (Phi) is 6.89. The molecule has 5 heterocycles. The van der Waals surface area contributed by atoms with E-state index in [0.717, 1.165) is 59.3 Å². The van der Waals surface area contributed by atoms with Crippen molar-refractivity contribution in [1.29, 1.82) is 0 Å². The van der Waals surface area contributed by atoms with Crippen LogP contribution in [0.2, 0.25) is 0 Å². The number of likely N-dealkylation sites (tertiary alicyclic amines) is 1. The monoisotopic (exact) mass is 606 g/mol. The van der Waals surface area contributed by atoms with Gasteiger partial charge in [-0.3, -0.25) is 4.79 Å². The summed E-state index contributed by atoms with van der Waals surface area (Å²) >= 11 is 0. The summed E-state index contributed by atoms with van der Waals surface area (Å²) in [6.45, 7) is 1.80. The van der Waals surface area contributed by atoms with E-state index in [2.05, 4.69) is 21.3 Å². The minimum atomic E-state index is -0.978. The van der Waals surface area contributed by atoms with Crippen molar-refractivity contribution in [3.8, 4) is 17.3 Å². The fourth-order valence-corrected chi connectivity index (χ4v) is 7.87. The van der Waals surface area contributed by atoms with Gasteiger partial charge in [0, 0.05) is 48.9 Å². The quantitative estimate of drug-likeness (QED) is 0.274. The first-order valence-electron chi connectivity index (χ1n) is 16.0. The highest BCUT2D eigenvalue weighted by atomic mass is 16.5. The third kappa shape index (κ3) is 4.62. The van der Waals surface area contributed by atoms with Gasteiger partial charge in [0.1, 0.15) is 23.0 Å². The van der Waals surface area contributed by atoms with Crippen LogP contribution >= 0.6 is 0 Å². The van der Waals surface area contributed by atoms with E-state index in [1.165, 1.54) is 0 Å². The number of carbonyl (C=O) groups is 1. The Morgan fingerprint density at radius 3 is 2.71 bits per heavy atom. The molecule has 2 fully saturated rings. The Balaban J connectivity index is 1.33. The van der Waals surface area contributed by atoms with Gasteiger partial charge in [0.05, 0.1) is 24.4 Å². The Morgan fingerprint density at radius 2 is 1.91 bits per heavy atom. The zero-order valence-electron chi connectivity index (χ0n) is 25.3. The second kappa shape index (κ2) is 11.0. The molecular weight excluding hydrogens is 568 g/mol. The van der Waals surface area contributed by atoms with Crippen LogP contribution in [0, 0.1) is 5.92 Å². The van der Waals surface area contributed by atoms with E-state index >= 15 is 0 Å². The van der Waals surface area contributed by atoms with Gasteiger partial charge < -0.3 is 34.7 Å². The molecule has 0 radical (unpaired) electrons. The van der Waals surface area contributed by atoms with Crippen molar-refractivity contribution < 1.29 is 19.7 Å². The number of nitrogens with two attached hydrogens (primary N) is 1. The maximum absolute atomic E-state index is 13.9. The number of ether oxygens (including phenoxy) is 1. The van der Waals surface area contributed by atoms with Crippen LogP contribution in [-0.4, -0.2) is 72.0 Å². The topological polar surface area (TPSA) is 132 Å². The number of pyridine rings is 1. The van der Waals surface area contributed by atoms with E-state index in [9.17, 15) is 15.0 Å². The molecule has 5 aromatic rings. The summed E-state index contributed by atoms with van der Waals surface area (Å²) in [5.41, 5.74) is 11.9. The number of nitrogens with zero attached hydrogens (tertiary/aromatic N) is 5. The Morgan fingerprint density at radius 1 is 1.02 bits per heavy atom. The van der Waals surface area contributed by atoms with E-state index in [1.807, 2.05) is 47.4 Å². The predicted octanol–water partition coefficient (Wildman–Crippen LogP) is 4.25. The van der Waals surface area contributed by atoms with Crippen molar-refractivity contribution >= 4 is 28.0 Å². The van der Waals surface area contributed by atoms with E-state index < -0.39 is 12.2 Å². The van der Waals surface area contributed by atoms with Crippen LogP contribution in [0.15, 0.2) is 60.8 Å². The first kappa shape index (κ1) is 28.2. The number of amides is 1. The molecule has 4 N–H and O–H groups in total. The third-order valence-corrected chi connectivity index (χ3v) is 10.2. The van der Waals surface area contributed by atoms with Crippen molar-refractivity contribution in [2.24, 2.45) is 11.7 Å². The maximum Gasteiger partial charge on any atom is 0.254 e. The number of aliphatic hydroxyl groups is 2. The van der Waals surface area contributed by atoms with Crippen LogP contribution < -0.4 is 10.5 Å². The molecule has 3 aliphatic rings. The summed E-state index contributed by atoms with van der Waals surface area (Å²) in [4.78, 5) is 25.8. The lowest BCUT2D eigenvalue weighted by Crippen LogP contribution is -2.41. The van der Waals surface area contributed by atoms with Gasteiger partial charge in [0.15, 0.2) is 5.82 Å². The molecule has 1 saturated heterocycles. The smallest absolute Gasteiger partial charge is 0.254 e. The van der Waals surface area contributed by atoms with Crippen LogP contribution in [0.4, 0.5) is 0 Å². The van der Waals surface area contributed by atoms with Crippen molar-refractivity contribution in [3.63, 3.8) is 0 Å². The van der Waals surface area contributed by atoms with E-state index in [4.69, 9.17) is 20.4 Å². The highest BCUT2D eigenvalue weighted by Crippen LogP contribution is 2.40. The summed E-state index contributed by atoms with van der Waals surface area (Å²) < 4.78 is 10.3. The molecule has 1 aliphatic carbocycles. The van der Waals surface area contributed by atoms with Crippen molar-refractivity contribution in [1.82, 2.24) is 24.0 Å². The number of fused-ring (bicyclic) bond motifs is 11. The average Bonchev–Trinajstić information content (AvgIpc) is 3.81. The number of piperidine rings is 1. The number of hydrogen-bond donors (Lipinski definition) is 3. The summed E-state index contributed by atoms with van der Waals surface area (Å²) in [6.07, 6.45) is 4.00. The zero-order valence-corrected chi connectivity index (χ0v) is 25.3. The van der Waals surface area contributed by atoms with E-state index in [-0.39, 0.29) is 18.0 Å². The first-order chi connectivity index (χ1) is 21.9. The number of carbonyl (C=O) groups excluding carboxylic acids is 1. The molecule has 4 bridgehead atoms. The van der Waals surface area contributed by atoms with Gasteiger partial charge in [0.2, 0.25) is 0 Å². The largest absolute Gasteiger partial charge is 0.494 e. The lowest BCUT2D eigenvalue weighted by atomic mass is 9.98. The number of benzene rings is 2. The van der Waals surface area contributed by atoms with Crippen molar-refractivity contribution in [2.75, 3.05) is 13.7 Å². The van der Waals surface area contributed by atoms with Crippen LogP contribution in [0.3, 0.4) is 0 Å². The molecule has 8 rings (SSSR count). The van der Waals surface area contributed by atoms with Crippen molar-refractivity contribution in [2.45, 2.75) is 69.5 Å². The fraction of sp³-hybridized carbons (Fsp3) is 0.400. The van der Waals surface area contributed by atoms with Crippen LogP contribution in [0.1, 0.15) is 59.7 Å². The van der Waals surface area contributed by atoms with Gasteiger partial charge in [-0.1, -0.05) is 24.3 Å². The van der Waals surface area contributed by atoms with Gasteiger partial charge >= 0.3 is 0 Å². The molecule has 45 heavy (non-hydrogen) atoms. The Labute approximate surface area is 261 Å². The van der Waals surface area contributed by atoms with Gasteiger partial charge in [-0.25, -0.2) is 9.97 Å². The summed E-state index contributed by atoms with van der Waals surface area (Å²) in [5, 5.41) is 22.8.